The van der Waals surface area contributed by atoms with Crippen molar-refractivity contribution in [2.24, 2.45) is 0 Å². The van der Waals surface area contributed by atoms with Gasteiger partial charge in [-0.25, -0.2) is 4.98 Å². The van der Waals surface area contributed by atoms with Gasteiger partial charge in [0.1, 0.15) is 5.82 Å². The van der Waals surface area contributed by atoms with Crippen molar-refractivity contribution >= 4 is 17.7 Å². The smallest absolute Gasteiger partial charge is 0.230 e. The van der Waals surface area contributed by atoms with E-state index < -0.39 is 0 Å². The summed E-state index contributed by atoms with van der Waals surface area (Å²) in [5, 5.41) is 2.98. The number of hydrogen-bond acceptors (Lipinski definition) is 3. The SMILES string of the molecule is Cc1ccc(CSCC(=O)NCc2ccc(-n3ccnc3C)cc2)cc1. The first kappa shape index (κ1) is 18.3. The van der Waals surface area contributed by atoms with Crippen LogP contribution in [0.4, 0.5) is 0 Å². The summed E-state index contributed by atoms with van der Waals surface area (Å²) in [6, 6.07) is 16.6. The lowest BCUT2D eigenvalue weighted by molar-refractivity contribution is -0.118. The van der Waals surface area contributed by atoms with Crippen LogP contribution in [0, 0.1) is 13.8 Å². The van der Waals surface area contributed by atoms with Crippen LogP contribution in [0.15, 0.2) is 60.9 Å². The third-order valence-corrected chi connectivity index (χ3v) is 5.16. The first-order valence-corrected chi connectivity index (χ1v) is 9.76. The summed E-state index contributed by atoms with van der Waals surface area (Å²) in [5.41, 5.74) is 4.66. The minimum atomic E-state index is 0.0663. The molecule has 0 bridgehead atoms. The zero-order valence-corrected chi connectivity index (χ0v) is 15.9. The number of rotatable bonds is 7. The van der Waals surface area contributed by atoms with E-state index in [-0.39, 0.29) is 5.91 Å². The van der Waals surface area contributed by atoms with Crippen LogP contribution in [0.1, 0.15) is 22.5 Å². The first-order chi connectivity index (χ1) is 12.6. The third kappa shape index (κ3) is 4.99. The molecule has 0 fully saturated rings. The molecular formula is C21H23N3OS. The predicted molar refractivity (Wildman–Crippen MR) is 107 cm³/mol. The minimum absolute atomic E-state index is 0.0663. The van der Waals surface area contributed by atoms with Gasteiger partial charge in [0.15, 0.2) is 0 Å². The van der Waals surface area contributed by atoms with E-state index >= 15 is 0 Å². The van der Waals surface area contributed by atoms with Gasteiger partial charge in [0.2, 0.25) is 5.91 Å². The molecule has 0 saturated carbocycles. The molecule has 5 heteroatoms. The number of hydrogen-bond donors (Lipinski definition) is 1. The summed E-state index contributed by atoms with van der Waals surface area (Å²) in [5.74, 6) is 2.35. The lowest BCUT2D eigenvalue weighted by atomic mass is 10.2. The summed E-state index contributed by atoms with van der Waals surface area (Å²) in [4.78, 5) is 16.2. The highest BCUT2D eigenvalue weighted by atomic mass is 32.2. The average Bonchev–Trinajstić information content (AvgIpc) is 3.08. The predicted octanol–water partition coefficient (Wildman–Crippen LogP) is 4.04. The van der Waals surface area contributed by atoms with E-state index in [9.17, 15) is 4.79 Å². The molecule has 4 nitrogen and oxygen atoms in total. The Morgan fingerprint density at radius 3 is 2.38 bits per heavy atom. The standard InChI is InChI=1S/C21H23N3OS/c1-16-3-5-19(6-4-16)14-26-15-21(25)23-13-18-7-9-20(10-8-18)24-12-11-22-17(24)2/h3-12H,13-15H2,1-2H3,(H,23,25). The van der Waals surface area contributed by atoms with Crippen molar-refractivity contribution in [3.8, 4) is 5.69 Å². The Morgan fingerprint density at radius 1 is 1.04 bits per heavy atom. The largest absolute Gasteiger partial charge is 0.351 e. The Kier molecular flexibility index (Phi) is 6.12. The van der Waals surface area contributed by atoms with Gasteiger partial charge in [-0.15, -0.1) is 11.8 Å². The molecule has 134 valence electrons. The van der Waals surface area contributed by atoms with Crippen molar-refractivity contribution in [2.45, 2.75) is 26.1 Å². The van der Waals surface area contributed by atoms with E-state index in [0.717, 1.165) is 22.8 Å². The molecule has 1 N–H and O–H groups in total. The second-order valence-electron chi connectivity index (χ2n) is 6.27. The van der Waals surface area contributed by atoms with Crippen LogP contribution in [-0.2, 0) is 17.1 Å². The monoisotopic (exact) mass is 365 g/mol. The van der Waals surface area contributed by atoms with Crippen molar-refractivity contribution in [1.82, 2.24) is 14.9 Å². The number of aromatic nitrogens is 2. The zero-order chi connectivity index (χ0) is 18.4. The van der Waals surface area contributed by atoms with E-state index in [2.05, 4.69) is 41.5 Å². The van der Waals surface area contributed by atoms with Crippen molar-refractivity contribution in [2.75, 3.05) is 5.75 Å². The second-order valence-corrected chi connectivity index (χ2v) is 7.25. The van der Waals surface area contributed by atoms with Crippen LogP contribution in [0.5, 0.6) is 0 Å². The highest BCUT2D eigenvalue weighted by Gasteiger charge is 2.04. The quantitative estimate of drug-likeness (QED) is 0.687. The molecule has 26 heavy (non-hydrogen) atoms. The fourth-order valence-electron chi connectivity index (χ4n) is 2.62. The molecule has 1 amide bonds. The van der Waals surface area contributed by atoms with Crippen LogP contribution >= 0.6 is 11.8 Å². The van der Waals surface area contributed by atoms with Gasteiger partial charge in [-0.1, -0.05) is 42.0 Å². The summed E-state index contributed by atoms with van der Waals surface area (Å²) in [7, 11) is 0. The highest BCUT2D eigenvalue weighted by Crippen LogP contribution is 2.14. The lowest BCUT2D eigenvalue weighted by Gasteiger charge is -2.08. The summed E-state index contributed by atoms with van der Waals surface area (Å²) < 4.78 is 2.03. The van der Waals surface area contributed by atoms with Crippen molar-refractivity contribution in [3.63, 3.8) is 0 Å². The van der Waals surface area contributed by atoms with E-state index in [1.165, 1.54) is 11.1 Å². The molecular weight excluding hydrogens is 342 g/mol. The fraction of sp³-hybridized carbons (Fsp3) is 0.238. The van der Waals surface area contributed by atoms with Gasteiger partial charge in [-0.3, -0.25) is 4.79 Å². The van der Waals surface area contributed by atoms with Crippen LogP contribution in [0.3, 0.4) is 0 Å². The molecule has 1 heterocycles. The van der Waals surface area contributed by atoms with Crippen LogP contribution < -0.4 is 5.32 Å². The van der Waals surface area contributed by atoms with Gasteiger partial charge in [0.25, 0.3) is 0 Å². The maximum Gasteiger partial charge on any atom is 0.230 e. The number of aryl methyl sites for hydroxylation is 2. The topological polar surface area (TPSA) is 46.9 Å². The summed E-state index contributed by atoms with van der Waals surface area (Å²) in [6.07, 6.45) is 3.73. The van der Waals surface area contributed by atoms with Gasteiger partial charge < -0.3 is 9.88 Å². The van der Waals surface area contributed by atoms with Gasteiger partial charge in [0, 0.05) is 30.4 Å². The molecule has 3 rings (SSSR count). The first-order valence-electron chi connectivity index (χ1n) is 8.61. The van der Waals surface area contributed by atoms with Crippen molar-refractivity contribution < 1.29 is 4.79 Å². The lowest BCUT2D eigenvalue weighted by Crippen LogP contribution is -2.24. The van der Waals surface area contributed by atoms with Gasteiger partial charge in [-0.2, -0.15) is 0 Å². The fourth-order valence-corrected chi connectivity index (χ4v) is 3.44. The number of imidazole rings is 1. The number of nitrogens with zero attached hydrogens (tertiary/aromatic N) is 2. The molecule has 0 aliphatic carbocycles. The van der Waals surface area contributed by atoms with E-state index in [1.54, 1.807) is 18.0 Å². The Labute approximate surface area is 158 Å². The van der Waals surface area contributed by atoms with Crippen molar-refractivity contribution in [1.29, 1.82) is 0 Å². The van der Waals surface area contributed by atoms with E-state index in [0.29, 0.717) is 12.3 Å². The van der Waals surface area contributed by atoms with Crippen LogP contribution in [0.2, 0.25) is 0 Å². The summed E-state index contributed by atoms with van der Waals surface area (Å²) >= 11 is 1.64. The molecule has 3 aromatic rings. The Morgan fingerprint density at radius 2 is 1.73 bits per heavy atom. The normalized spacial score (nSPS) is 10.7. The highest BCUT2D eigenvalue weighted by molar-refractivity contribution is 7.99. The second kappa shape index (κ2) is 8.72. The van der Waals surface area contributed by atoms with E-state index in [1.807, 2.05) is 42.0 Å². The molecule has 0 radical (unpaired) electrons. The molecule has 0 spiro atoms. The van der Waals surface area contributed by atoms with Gasteiger partial charge in [-0.05, 0) is 37.1 Å². The van der Waals surface area contributed by atoms with Crippen LogP contribution in [0.25, 0.3) is 5.69 Å². The molecule has 0 atom stereocenters. The number of thioether (sulfide) groups is 1. The molecule has 0 aliphatic heterocycles. The van der Waals surface area contributed by atoms with Gasteiger partial charge in [0.05, 0.1) is 5.75 Å². The Bertz CT molecular complexity index is 854. The maximum atomic E-state index is 12.0. The summed E-state index contributed by atoms with van der Waals surface area (Å²) in [6.45, 7) is 4.60. The molecule has 2 aromatic carbocycles. The maximum absolute atomic E-state index is 12.0. The Hall–Kier alpha value is -2.53. The number of benzene rings is 2. The Balaban J connectivity index is 1.43. The number of nitrogens with one attached hydrogen (secondary N) is 1. The number of carbonyl (C=O) groups is 1. The van der Waals surface area contributed by atoms with Crippen molar-refractivity contribution in [3.05, 3.63) is 83.4 Å². The zero-order valence-electron chi connectivity index (χ0n) is 15.1. The van der Waals surface area contributed by atoms with Crippen LogP contribution in [-0.4, -0.2) is 21.2 Å². The third-order valence-electron chi connectivity index (χ3n) is 4.15. The molecule has 0 aliphatic rings. The number of amides is 1. The molecule has 0 saturated heterocycles. The van der Waals surface area contributed by atoms with E-state index in [4.69, 9.17) is 0 Å². The molecule has 0 unspecified atom stereocenters. The minimum Gasteiger partial charge on any atom is -0.351 e. The molecule has 1 aromatic heterocycles. The van der Waals surface area contributed by atoms with Gasteiger partial charge >= 0.3 is 0 Å². The average molecular weight is 366 g/mol. The number of carbonyl (C=O) groups excluding carboxylic acids is 1.